The van der Waals surface area contributed by atoms with Crippen molar-refractivity contribution < 1.29 is 9.84 Å². The zero-order chi connectivity index (χ0) is 11.1. The Morgan fingerprint density at radius 1 is 1.40 bits per heavy atom. The van der Waals surface area contributed by atoms with Crippen LogP contribution in [0.25, 0.3) is 0 Å². The third-order valence-electron chi connectivity index (χ3n) is 3.25. The molecule has 1 saturated heterocycles. The molecule has 0 amide bonds. The van der Waals surface area contributed by atoms with Gasteiger partial charge in [0, 0.05) is 31.8 Å². The molecule has 2 N–H and O–H groups in total. The van der Waals surface area contributed by atoms with Crippen LogP contribution in [-0.2, 0) is 4.74 Å². The van der Waals surface area contributed by atoms with E-state index in [9.17, 15) is 5.11 Å². The van der Waals surface area contributed by atoms with Crippen LogP contribution in [0.2, 0.25) is 0 Å². The molecule has 0 aromatic carbocycles. The number of ether oxygens (including phenoxy) is 1. The van der Waals surface area contributed by atoms with Crippen LogP contribution in [-0.4, -0.2) is 62.0 Å². The molecule has 15 heavy (non-hydrogen) atoms. The standard InChI is InChI=1S/C11H24N2O2/c1-11(10-14,12-2)4-6-13-5-3-8-15-9-7-13/h12,14H,3-10H2,1-2H3. The van der Waals surface area contributed by atoms with Crippen LogP contribution in [0.4, 0.5) is 0 Å². The van der Waals surface area contributed by atoms with Crippen molar-refractivity contribution in [2.24, 2.45) is 0 Å². The molecule has 1 aliphatic rings. The molecule has 0 saturated carbocycles. The van der Waals surface area contributed by atoms with Gasteiger partial charge >= 0.3 is 0 Å². The number of aliphatic hydroxyl groups excluding tert-OH is 1. The maximum atomic E-state index is 9.26. The third-order valence-corrected chi connectivity index (χ3v) is 3.25. The van der Waals surface area contributed by atoms with Gasteiger partial charge in [0.2, 0.25) is 0 Å². The lowest BCUT2D eigenvalue weighted by atomic mass is 9.99. The Morgan fingerprint density at radius 2 is 2.20 bits per heavy atom. The first-order valence-corrected chi connectivity index (χ1v) is 5.80. The molecule has 0 aliphatic carbocycles. The van der Waals surface area contributed by atoms with Gasteiger partial charge in [-0.15, -0.1) is 0 Å². The summed E-state index contributed by atoms with van der Waals surface area (Å²) in [6.07, 6.45) is 2.09. The Morgan fingerprint density at radius 3 is 2.87 bits per heavy atom. The molecule has 90 valence electrons. The minimum atomic E-state index is -0.146. The third kappa shape index (κ3) is 4.47. The van der Waals surface area contributed by atoms with Crippen molar-refractivity contribution in [3.05, 3.63) is 0 Å². The van der Waals surface area contributed by atoms with Crippen molar-refractivity contribution in [1.29, 1.82) is 0 Å². The molecular weight excluding hydrogens is 192 g/mol. The molecule has 1 unspecified atom stereocenters. The Balaban J connectivity index is 2.27. The molecule has 1 rings (SSSR count). The molecule has 0 aromatic heterocycles. The lowest BCUT2D eigenvalue weighted by molar-refractivity contribution is 0.131. The number of aliphatic hydroxyl groups is 1. The second-order valence-electron chi connectivity index (χ2n) is 4.53. The van der Waals surface area contributed by atoms with Gasteiger partial charge in [-0.25, -0.2) is 0 Å². The minimum absolute atomic E-state index is 0.146. The zero-order valence-corrected chi connectivity index (χ0v) is 9.96. The van der Waals surface area contributed by atoms with Crippen LogP contribution in [0.3, 0.4) is 0 Å². The van der Waals surface area contributed by atoms with Crippen molar-refractivity contribution in [1.82, 2.24) is 10.2 Å². The molecule has 4 heteroatoms. The lowest BCUT2D eigenvalue weighted by Gasteiger charge is -2.30. The Labute approximate surface area is 92.6 Å². The summed E-state index contributed by atoms with van der Waals surface area (Å²) >= 11 is 0. The van der Waals surface area contributed by atoms with Gasteiger partial charge in [0.1, 0.15) is 0 Å². The largest absolute Gasteiger partial charge is 0.394 e. The van der Waals surface area contributed by atoms with E-state index in [-0.39, 0.29) is 12.1 Å². The topological polar surface area (TPSA) is 44.7 Å². The molecule has 0 bridgehead atoms. The van der Waals surface area contributed by atoms with Gasteiger partial charge in [0.15, 0.2) is 0 Å². The van der Waals surface area contributed by atoms with Crippen LogP contribution in [0.5, 0.6) is 0 Å². The van der Waals surface area contributed by atoms with Gasteiger partial charge in [-0.1, -0.05) is 0 Å². The van der Waals surface area contributed by atoms with Crippen LogP contribution < -0.4 is 5.32 Å². The Bertz CT molecular complexity index is 164. The normalized spacial score (nSPS) is 23.4. The van der Waals surface area contributed by atoms with E-state index in [1.165, 1.54) is 0 Å². The van der Waals surface area contributed by atoms with Gasteiger partial charge in [-0.05, 0) is 26.8 Å². The summed E-state index contributed by atoms with van der Waals surface area (Å²) < 4.78 is 5.40. The predicted molar refractivity (Wildman–Crippen MR) is 61.0 cm³/mol. The zero-order valence-electron chi connectivity index (χ0n) is 9.96. The molecule has 1 heterocycles. The van der Waals surface area contributed by atoms with Gasteiger partial charge in [-0.3, -0.25) is 0 Å². The molecule has 0 spiro atoms. The fourth-order valence-electron chi connectivity index (χ4n) is 1.71. The molecule has 1 atom stereocenters. The van der Waals surface area contributed by atoms with Crippen LogP contribution >= 0.6 is 0 Å². The van der Waals surface area contributed by atoms with Crippen molar-refractivity contribution in [2.45, 2.75) is 25.3 Å². The Hall–Kier alpha value is -0.160. The number of nitrogens with one attached hydrogen (secondary N) is 1. The van der Waals surface area contributed by atoms with E-state index in [2.05, 4.69) is 17.1 Å². The highest BCUT2D eigenvalue weighted by molar-refractivity contribution is 4.82. The maximum Gasteiger partial charge on any atom is 0.0610 e. The molecule has 1 aliphatic heterocycles. The number of hydrogen-bond acceptors (Lipinski definition) is 4. The van der Waals surface area contributed by atoms with Gasteiger partial charge in [0.25, 0.3) is 0 Å². The van der Waals surface area contributed by atoms with Crippen LogP contribution in [0, 0.1) is 0 Å². The summed E-state index contributed by atoms with van der Waals surface area (Å²) in [7, 11) is 1.90. The average molecular weight is 216 g/mol. The molecular formula is C11H24N2O2. The summed E-state index contributed by atoms with van der Waals surface area (Å²) in [5.41, 5.74) is -0.146. The van der Waals surface area contributed by atoms with Crippen molar-refractivity contribution in [2.75, 3.05) is 46.5 Å². The highest BCUT2D eigenvalue weighted by Gasteiger charge is 2.21. The quantitative estimate of drug-likeness (QED) is 0.682. The van der Waals surface area contributed by atoms with Gasteiger partial charge in [0.05, 0.1) is 13.2 Å². The number of likely N-dealkylation sites (N-methyl/N-ethyl adjacent to an activating group) is 1. The van der Waals surface area contributed by atoms with Gasteiger partial charge in [-0.2, -0.15) is 0 Å². The predicted octanol–water partition coefficient (Wildman–Crippen LogP) is 0.0692. The first kappa shape index (κ1) is 12.9. The number of rotatable bonds is 5. The maximum absolute atomic E-state index is 9.26. The molecule has 4 nitrogen and oxygen atoms in total. The summed E-state index contributed by atoms with van der Waals surface area (Å²) in [5.74, 6) is 0. The average Bonchev–Trinajstić information content (AvgIpc) is 2.54. The highest BCUT2D eigenvalue weighted by atomic mass is 16.5. The first-order valence-electron chi connectivity index (χ1n) is 5.80. The smallest absolute Gasteiger partial charge is 0.0610 e. The summed E-state index contributed by atoms with van der Waals surface area (Å²) in [5, 5.41) is 12.4. The van der Waals surface area contributed by atoms with E-state index in [1.807, 2.05) is 7.05 Å². The van der Waals surface area contributed by atoms with E-state index in [0.29, 0.717) is 0 Å². The van der Waals surface area contributed by atoms with Gasteiger partial charge < -0.3 is 20.1 Å². The monoisotopic (exact) mass is 216 g/mol. The lowest BCUT2D eigenvalue weighted by Crippen LogP contribution is -2.46. The molecule has 1 fully saturated rings. The summed E-state index contributed by atoms with van der Waals surface area (Å²) in [4.78, 5) is 2.41. The number of nitrogens with zero attached hydrogens (tertiary/aromatic N) is 1. The van der Waals surface area contributed by atoms with Crippen molar-refractivity contribution in [3.8, 4) is 0 Å². The Kier molecular flexibility index (Phi) is 5.53. The highest BCUT2D eigenvalue weighted by Crippen LogP contribution is 2.10. The van der Waals surface area contributed by atoms with E-state index in [4.69, 9.17) is 4.74 Å². The van der Waals surface area contributed by atoms with E-state index in [1.54, 1.807) is 0 Å². The van der Waals surface area contributed by atoms with Crippen LogP contribution in [0.15, 0.2) is 0 Å². The first-order chi connectivity index (χ1) is 7.20. The second-order valence-corrected chi connectivity index (χ2v) is 4.53. The summed E-state index contributed by atoms with van der Waals surface area (Å²) in [6.45, 7) is 7.14. The summed E-state index contributed by atoms with van der Waals surface area (Å²) in [6, 6.07) is 0. The number of hydrogen-bond donors (Lipinski definition) is 2. The molecule has 0 radical (unpaired) electrons. The fraction of sp³-hybridized carbons (Fsp3) is 1.00. The minimum Gasteiger partial charge on any atom is -0.394 e. The SMILES string of the molecule is CNC(C)(CO)CCN1CCCOCC1. The molecule has 0 aromatic rings. The van der Waals surface area contributed by atoms with Crippen molar-refractivity contribution >= 4 is 0 Å². The fourth-order valence-corrected chi connectivity index (χ4v) is 1.71. The van der Waals surface area contributed by atoms with Crippen molar-refractivity contribution in [3.63, 3.8) is 0 Å². The van der Waals surface area contributed by atoms with Crippen LogP contribution in [0.1, 0.15) is 19.8 Å². The van der Waals surface area contributed by atoms with E-state index in [0.717, 1.165) is 45.7 Å². The second kappa shape index (κ2) is 6.43. The van der Waals surface area contributed by atoms with E-state index >= 15 is 0 Å². The van der Waals surface area contributed by atoms with E-state index < -0.39 is 0 Å².